The molecule has 0 aliphatic carbocycles. The van der Waals surface area contributed by atoms with Crippen LogP contribution in [0.5, 0.6) is 0 Å². The molecule has 1 N–H and O–H groups in total. The van der Waals surface area contributed by atoms with Crippen LogP contribution in [0, 0.1) is 5.41 Å². The predicted molar refractivity (Wildman–Crippen MR) is 75.4 cm³/mol. The summed E-state index contributed by atoms with van der Waals surface area (Å²) in [6.45, 7) is 5.14. The molecule has 0 saturated carbocycles. The van der Waals surface area contributed by atoms with Crippen LogP contribution in [0.4, 0.5) is 0 Å². The van der Waals surface area contributed by atoms with E-state index < -0.39 is 20.9 Å². The van der Waals surface area contributed by atoms with Gasteiger partial charge >= 0.3 is 0 Å². The van der Waals surface area contributed by atoms with Crippen LogP contribution >= 0.6 is 34.8 Å². The van der Waals surface area contributed by atoms with Crippen molar-refractivity contribution in [2.45, 2.75) is 30.7 Å². The molecule has 1 unspecified atom stereocenters. The first kappa shape index (κ1) is 16.3. The molecule has 1 rings (SSSR count). The van der Waals surface area contributed by atoms with Gasteiger partial charge in [-0.1, -0.05) is 55.6 Å². The summed E-state index contributed by atoms with van der Waals surface area (Å²) >= 11 is 17.5. The van der Waals surface area contributed by atoms with Crippen LogP contribution in [0.1, 0.15) is 26.9 Å². The number of hydrogen-bond acceptors (Lipinski definition) is 3. The molecule has 0 saturated heterocycles. The van der Waals surface area contributed by atoms with Gasteiger partial charge in [0.25, 0.3) is 5.56 Å². The number of amides is 1. The lowest BCUT2D eigenvalue weighted by Crippen LogP contribution is -2.47. The molecule has 1 aromatic rings. The lowest BCUT2D eigenvalue weighted by atomic mass is 9.95. The van der Waals surface area contributed by atoms with E-state index in [9.17, 15) is 9.59 Å². The summed E-state index contributed by atoms with van der Waals surface area (Å²) in [5, 5.41) is 2.54. The van der Waals surface area contributed by atoms with Gasteiger partial charge in [0, 0.05) is 17.7 Å². The Morgan fingerprint density at radius 1 is 1.37 bits per heavy atom. The van der Waals surface area contributed by atoms with Crippen LogP contribution in [0.2, 0.25) is 0 Å². The molecule has 0 aromatic carbocycles. The molecule has 1 atom stereocenters. The second-order valence-corrected chi connectivity index (χ2v) is 7.36. The highest BCUT2D eigenvalue weighted by molar-refractivity contribution is 6.67. The lowest BCUT2D eigenvalue weighted by molar-refractivity contribution is -0.129. The molecular weight excluding hydrogens is 312 g/mol. The molecule has 1 heterocycles. The third-order valence-corrected chi connectivity index (χ3v) is 2.91. The topological polar surface area (TPSA) is 64.0 Å². The van der Waals surface area contributed by atoms with Gasteiger partial charge in [0.15, 0.2) is 6.17 Å². The van der Waals surface area contributed by atoms with Gasteiger partial charge in [0.1, 0.15) is 0 Å². The molecule has 5 nitrogen and oxygen atoms in total. The minimum absolute atomic E-state index is 0.348. The fourth-order valence-corrected chi connectivity index (χ4v) is 1.68. The van der Waals surface area contributed by atoms with Crippen LogP contribution in [0.25, 0.3) is 0 Å². The number of nitrogens with zero attached hydrogens (tertiary/aromatic N) is 2. The number of halogens is 3. The van der Waals surface area contributed by atoms with Crippen molar-refractivity contribution in [1.82, 2.24) is 14.9 Å². The Morgan fingerprint density at radius 2 is 1.95 bits per heavy atom. The monoisotopic (exact) mass is 325 g/mol. The van der Waals surface area contributed by atoms with E-state index in [0.29, 0.717) is 0 Å². The number of nitrogens with one attached hydrogen (secondary N) is 1. The Labute approximate surface area is 125 Å². The van der Waals surface area contributed by atoms with Gasteiger partial charge in [0.05, 0.1) is 6.33 Å². The summed E-state index contributed by atoms with van der Waals surface area (Å²) in [6, 6.07) is 1.21. The number of carbonyl (C=O) groups is 1. The fraction of sp³-hybridized carbons (Fsp3) is 0.545. The molecule has 19 heavy (non-hydrogen) atoms. The SMILES string of the molecule is CC(C)(C)C(=O)NC(n1cnccc1=O)C(Cl)(Cl)Cl. The number of aromatic nitrogens is 2. The molecule has 0 aliphatic heterocycles. The summed E-state index contributed by atoms with van der Waals surface area (Å²) in [5.41, 5.74) is -1.11. The van der Waals surface area contributed by atoms with Crippen molar-refractivity contribution in [1.29, 1.82) is 0 Å². The maximum atomic E-state index is 12.0. The quantitative estimate of drug-likeness (QED) is 0.848. The largest absolute Gasteiger partial charge is 0.331 e. The highest BCUT2D eigenvalue weighted by atomic mass is 35.6. The van der Waals surface area contributed by atoms with Crippen molar-refractivity contribution in [3.8, 4) is 0 Å². The molecule has 8 heteroatoms. The first-order valence-electron chi connectivity index (χ1n) is 5.43. The zero-order valence-corrected chi connectivity index (χ0v) is 12.9. The van der Waals surface area contributed by atoms with Gasteiger partial charge in [0.2, 0.25) is 9.70 Å². The molecule has 0 aliphatic rings. The highest BCUT2D eigenvalue weighted by Crippen LogP contribution is 2.36. The fourth-order valence-electron chi connectivity index (χ4n) is 1.20. The predicted octanol–water partition coefficient (Wildman–Crippen LogP) is 2.27. The van der Waals surface area contributed by atoms with Crippen LogP contribution in [-0.4, -0.2) is 19.3 Å². The molecule has 0 fully saturated rings. The summed E-state index contributed by atoms with van der Waals surface area (Å²) in [5.74, 6) is -0.348. The van der Waals surface area contributed by atoms with Gasteiger partial charge in [-0.25, -0.2) is 4.98 Å². The lowest BCUT2D eigenvalue weighted by Gasteiger charge is -2.29. The Kier molecular flexibility index (Phi) is 4.87. The number of carbonyl (C=O) groups excluding carboxylic acids is 1. The van der Waals surface area contributed by atoms with Crippen LogP contribution < -0.4 is 10.9 Å². The second-order valence-electron chi connectivity index (χ2n) is 4.99. The van der Waals surface area contributed by atoms with E-state index in [1.807, 2.05) is 0 Å². The standard InChI is InChI=1S/C11H14Cl3N3O2/c1-10(2,3)9(19)16-8(11(12,13)14)17-6-15-5-4-7(17)18/h4-6,8H,1-3H3,(H,16,19). The average molecular weight is 327 g/mol. The molecule has 0 bridgehead atoms. The van der Waals surface area contributed by atoms with Gasteiger partial charge < -0.3 is 5.32 Å². The van der Waals surface area contributed by atoms with Crippen LogP contribution in [-0.2, 0) is 4.79 Å². The Bertz CT molecular complexity index is 517. The number of hydrogen-bond donors (Lipinski definition) is 1. The third-order valence-electron chi connectivity index (χ3n) is 2.29. The Balaban J connectivity index is 3.16. The zero-order chi connectivity index (χ0) is 14.8. The van der Waals surface area contributed by atoms with E-state index >= 15 is 0 Å². The van der Waals surface area contributed by atoms with Crippen molar-refractivity contribution < 1.29 is 4.79 Å². The van der Waals surface area contributed by atoms with Crippen molar-refractivity contribution >= 4 is 40.7 Å². The summed E-state index contributed by atoms with van der Waals surface area (Å²) < 4.78 is -0.815. The maximum absolute atomic E-state index is 12.0. The molecule has 0 radical (unpaired) electrons. The first-order valence-corrected chi connectivity index (χ1v) is 6.56. The van der Waals surface area contributed by atoms with Gasteiger partial charge in [-0.3, -0.25) is 14.2 Å². The number of rotatable bonds is 2. The normalized spacial score (nSPS) is 14.0. The van der Waals surface area contributed by atoms with Crippen molar-refractivity contribution in [2.75, 3.05) is 0 Å². The minimum atomic E-state index is -1.88. The van der Waals surface area contributed by atoms with E-state index in [4.69, 9.17) is 34.8 Å². The average Bonchev–Trinajstić information content (AvgIpc) is 2.24. The van der Waals surface area contributed by atoms with Crippen LogP contribution in [0.15, 0.2) is 23.4 Å². The Hall–Kier alpha value is -0.780. The molecular formula is C11H14Cl3N3O2. The number of alkyl halides is 3. The Morgan fingerprint density at radius 3 is 2.37 bits per heavy atom. The smallest absolute Gasteiger partial charge is 0.255 e. The zero-order valence-electron chi connectivity index (χ0n) is 10.7. The molecule has 0 spiro atoms. The van der Waals surface area contributed by atoms with E-state index in [-0.39, 0.29) is 5.91 Å². The second kappa shape index (κ2) is 5.69. The van der Waals surface area contributed by atoms with E-state index in [1.54, 1.807) is 20.8 Å². The van der Waals surface area contributed by atoms with Crippen molar-refractivity contribution in [3.05, 3.63) is 28.9 Å². The maximum Gasteiger partial charge on any atom is 0.255 e. The summed E-state index contributed by atoms with van der Waals surface area (Å²) in [7, 11) is 0. The van der Waals surface area contributed by atoms with Crippen molar-refractivity contribution in [2.24, 2.45) is 5.41 Å². The third kappa shape index (κ3) is 4.37. The minimum Gasteiger partial charge on any atom is -0.331 e. The molecule has 106 valence electrons. The summed E-state index contributed by atoms with van der Waals surface area (Å²) in [6.07, 6.45) is 1.39. The summed E-state index contributed by atoms with van der Waals surface area (Å²) in [4.78, 5) is 27.5. The van der Waals surface area contributed by atoms with E-state index in [2.05, 4.69) is 10.3 Å². The molecule has 1 amide bonds. The van der Waals surface area contributed by atoms with Crippen molar-refractivity contribution in [3.63, 3.8) is 0 Å². The van der Waals surface area contributed by atoms with Crippen LogP contribution in [0.3, 0.4) is 0 Å². The van der Waals surface area contributed by atoms with Gasteiger partial charge in [-0.05, 0) is 0 Å². The first-order chi connectivity index (χ1) is 8.53. The van der Waals surface area contributed by atoms with Gasteiger partial charge in [-0.2, -0.15) is 0 Å². The van der Waals surface area contributed by atoms with E-state index in [0.717, 1.165) is 4.57 Å². The van der Waals surface area contributed by atoms with Gasteiger partial charge in [-0.15, -0.1) is 0 Å². The molecule has 1 aromatic heterocycles. The van der Waals surface area contributed by atoms with E-state index in [1.165, 1.54) is 18.6 Å². The highest BCUT2D eigenvalue weighted by Gasteiger charge is 2.38.